The standard InChI is InChI=1S/C21H24N4O4/c1-14(23-20(26)16-8-5-9-18(10-16)25(28)29)21(27)24-12-17(11-22)19(13-24)15-6-3-2-4-7-15/h2-10,14,17,19H,11-13,22H2,1H3,(H,23,26)/t14?,17-,19+/m1/s1. The highest BCUT2D eigenvalue weighted by Crippen LogP contribution is 2.32. The van der Waals surface area contributed by atoms with Crippen LogP contribution in [-0.4, -0.2) is 47.3 Å². The lowest BCUT2D eigenvalue weighted by molar-refractivity contribution is -0.384. The summed E-state index contributed by atoms with van der Waals surface area (Å²) in [6.07, 6.45) is 0. The summed E-state index contributed by atoms with van der Waals surface area (Å²) in [4.78, 5) is 37.4. The third kappa shape index (κ3) is 4.60. The first-order valence-corrected chi connectivity index (χ1v) is 9.49. The molecule has 1 aliphatic rings. The molecular weight excluding hydrogens is 372 g/mol. The number of nitro benzene ring substituents is 1. The Bertz CT molecular complexity index is 903. The lowest BCUT2D eigenvalue weighted by Gasteiger charge is -2.22. The van der Waals surface area contributed by atoms with Crippen LogP contribution in [0, 0.1) is 16.0 Å². The number of non-ortho nitro benzene ring substituents is 1. The molecule has 2 amide bonds. The van der Waals surface area contributed by atoms with E-state index in [1.165, 1.54) is 24.3 Å². The third-order valence-electron chi connectivity index (χ3n) is 5.32. The second-order valence-corrected chi connectivity index (χ2v) is 7.26. The fourth-order valence-electron chi connectivity index (χ4n) is 3.74. The largest absolute Gasteiger partial charge is 0.341 e. The second kappa shape index (κ2) is 8.83. The molecular formula is C21H24N4O4. The number of carbonyl (C=O) groups excluding carboxylic acids is 2. The Balaban J connectivity index is 1.66. The maximum Gasteiger partial charge on any atom is 0.270 e. The minimum atomic E-state index is -0.755. The Morgan fingerprint density at radius 1 is 1.21 bits per heavy atom. The SMILES string of the molecule is CC(NC(=O)c1cccc([N+](=O)[O-])c1)C(=O)N1C[C@@H](CN)[C@H](c2ccccc2)C1. The first-order valence-electron chi connectivity index (χ1n) is 9.49. The highest BCUT2D eigenvalue weighted by Gasteiger charge is 2.36. The highest BCUT2D eigenvalue weighted by atomic mass is 16.6. The highest BCUT2D eigenvalue weighted by molar-refractivity contribution is 5.97. The number of hydrogen-bond acceptors (Lipinski definition) is 5. The number of amides is 2. The van der Waals surface area contributed by atoms with Crippen molar-refractivity contribution in [1.82, 2.24) is 10.2 Å². The zero-order valence-electron chi connectivity index (χ0n) is 16.2. The van der Waals surface area contributed by atoms with Gasteiger partial charge in [0.25, 0.3) is 11.6 Å². The van der Waals surface area contributed by atoms with Crippen molar-refractivity contribution in [3.8, 4) is 0 Å². The van der Waals surface area contributed by atoms with Gasteiger partial charge in [-0.05, 0) is 31.0 Å². The molecule has 0 saturated carbocycles. The molecule has 2 aromatic rings. The zero-order valence-corrected chi connectivity index (χ0v) is 16.2. The Morgan fingerprint density at radius 2 is 1.93 bits per heavy atom. The number of nitrogens with zero attached hydrogens (tertiary/aromatic N) is 2. The fraction of sp³-hybridized carbons (Fsp3) is 0.333. The van der Waals surface area contributed by atoms with E-state index < -0.39 is 16.9 Å². The number of benzene rings is 2. The van der Waals surface area contributed by atoms with Crippen molar-refractivity contribution in [2.24, 2.45) is 11.7 Å². The molecule has 1 heterocycles. The van der Waals surface area contributed by atoms with Crippen LogP contribution >= 0.6 is 0 Å². The summed E-state index contributed by atoms with van der Waals surface area (Å²) < 4.78 is 0. The first kappa shape index (κ1) is 20.5. The summed E-state index contributed by atoms with van der Waals surface area (Å²) >= 11 is 0. The average molecular weight is 396 g/mol. The Kier molecular flexibility index (Phi) is 6.23. The van der Waals surface area contributed by atoms with Crippen LogP contribution in [0.15, 0.2) is 54.6 Å². The van der Waals surface area contributed by atoms with Gasteiger partial charge in [0.05, 0.1) is 4.92 Å². The fourth-order valence-corrected chi connectivity index (χ4v) is 3.74. The minimum absolute atomic E-state index is 0.141. The smallest absolute Gasteiger partial charge is 0.270 e. The Labute approximate surface area is 168 Å². The zero-order chi connectivity index (χ0) is 21.0. The van der Waals surface area contributed by atoms with Crippen LogP contribution < -0.4 is 11.1 Å². The van der Waals surface area contributed by atoms with Crippen LogP contribution in [0.1, 0.15) is 28.8 Å². The number of nitro groups is 1. The van der Waals surface area contributed by atoms with Crippen LogP contribution in [0.4, 0.5) is 5.69 Å². The molecule has 29 heavy (non-hydrogen) atoms. The van der Waals surface area contributed by atoms with E-state index in [4.69, 9.17) is 5.73 Å². The second-order valence-electron chi connectivity index (χ2n) is 7.26. The molecule has 0 aromatic heterocycles. The molecule has 1 aliphatic heterocycles. The lowest BCUT2D eigenvalue weighted by Crippen LogP contribution is -2.46. The maximum absolute atomic E-state index is 12.9. The summed E-state index contributed by atoms with van der Waals surface area (Å²) in [5, 5.41) is 13.5. The molecule has 8 nitrogen and oxygen atoms in total. The monoisotopic (exact) mass is 396 g/mol. The van der Waals surface area contributed by atoms with Crippen LogP contribution in [0.25, 0.3) is 0 Å². The van der Waals surface area contributed by atoms with E-state index in [2.05, 4.69) is 5.32 Å². The molecule has 1 unspecified atom stereocenters. The van der Waals surface area contributed by atoms with E-state index in [0.29, 0.717) is 19.6 Å². The molecule has 0 bridgehead atoms. The summed E-state index contributed by atoms with van der Waals surface area (Å²) in [5.74, 6) is -0.407. The number of hydrogen-bond donors (Lipinski definition) is 2. The van der Waals surface area contributed by atoms with Gasteiger partial charge >= 0.3 is 0 Å². The topological polar surface area (TPSA) is 119 Å². The lowest BCUT2D eigenvalue weighted by atomic mass is 9.89. The molecule has 8 heteroatoms. The molecule has 0 spiro atoms. The summed E-state index contributed by atoms with van der Waals surface area (Å²) in [6, 6.07) is 14.6. The van der Waals surface area contributed by atoms with E-state index in [1.807, 2.05) is 30.3 Å². The van der Waals surface area contributed by atoms with Gasteiger partial charge in [-0.25, -0.2) is 0 Å². The van der Waals surface area contributed by atoms with Gasteiger partial charge in [-0.1, -0.05) is 36.4 Å². The number of carbonyl (C=O) groups is 2. The normalized spacial score (nSPS) is 19.6. The van der Waals surface area contributed by atoms with E-state index in [-0.39, 0.29) is 29.0 Å². The molecule has 0 radical (unpaired) electrons. The van der Waals surface area contributed by atoms with Gasteiger partial charge in [-0.15, -0.1) is 0 Å². The van der Waals surface area contributed by atoms with Crippen LogP contribution in [0.5, 0.6) is 0 Å². The molecule has 3 atom stereocenters. The quantitative estimate of drug-likeness (QED) is 0.571. The van der Waals surface area contributed by atoms with Crippen molar-refractivity contribution in [3.05, 3.63) is 75.8 Å². The predicted octanol–water partition coefficient (Wildman–Crippen LogP) is 1.91. The van der Waals surface area contributed by atoms with Gasteiger partial charge in [0.15, 0.2) is 0 Å². The van der Waals surface area contributed by atoms with Gasteiger partial charge in [0.2, 0.25) is 5.91 Å². The van der Waals surface area contributed by atoms with Crippen LogP contribution in [-0.2, 0) is 4.79 Å². The van der Waals surface area contributed by atoms with Crippen molar-refractivity contribution >= 4 is 17.5 Å². The molecule has 1 saturated heterocycles. The van der Waals surface area contributed by atoms with Gasteiger partial charge in [0.1, 0.15) is 6.04 Å². The third-order valence-corrected chi connectivity index (χ3v) is 5.32. The van der Waals surface area contributed by atoms with Crippen LogP contribution in [0.2, 0.25) is 0 Å². The molecule has 2 aromatic carbocycles. The summed E-state index contributed by atoms with van der Waals surface area (Å²) in [6.45, 7) is 3.16. The average Bonchev–Trinajstić information content (AvgIpc) is 3.18. The van der Waals surface area contributed by atoms with Crippen molar-refractivity contribution < 1.29 is 14.5 Å². The van der Waals surface area contributed by atoms with E-state index in [1.54, 1.807) is 11.8 Å². The number of nitrogens with one attached hydrogen (secondary N) is 1. The van der Waals surface area contributed by atoms with Crippen molar-refractivity contribution in [2.75, 3.05) is 19.6 Å². The molecule has 3 N–H and O–H groups in total. The van der Waals surface area contributed by atoms with Crippen molar-refractivity contribution in [2.45, 2.75) is 18.9 Å². The number of likely N-dealkylation sites (tertiary alicyclic amines) is 1. The Hall–Kier alpha value is -3.26. The Morgan fingerprint density at radius 3 is 2.59 bits per heavy atom. The van der Waals surface area contributed by atoms with Gasteiger partial charge < -0.3 is 16.0 Å². The van der Waals surface area contributed by atoms with Crippen LogP contribution in [0.3, 0.4) is 0 Å². The molecule has 0 aliphatic carbocycles. The number of rotatable bonds is 6. The van der Waals surface area contributed by atoms with E-state index in [9.17, 15) is 19.7 Å². The van der Waals surface area contributed by atoms with E-state index >= 15 is 0 Å². The minimum Gasteiger partial charge on any atom is -0.341 e. The number of nitrogens with two attached hydrogens (primary N) is 1. The van der Waals surface area contributed by atoms with Gasteiger partial charge in [-0.2, -0.15) is 0 Å². The molecule has 3 rings (SSSR count). The van der Waals surface area contributed by atoms with E-state index in [0.717, 1.165) is 5.56 Å². The van der Waals surface area contributed by atoms with Gasteiger partial charge in [-0.3, -0.25) is 19.7 Å². The molecule has 152 valence electrons. The van der Waals surface area contributed by atoms with Crippen molar-refractivity contribution in [3.63, 3.8) is 0 Å². The molecule has 1 fully saturated rings. The summed E-state index contributed by atoms with van der Waals surface area (Å²) in [7, 11) is 0. The van der Waals surface area contributed by atoms with Gasteiger partial charge in [0, 0.05) is 36.7 Å². The van der Waals surface area contributed by atoms with Crippen molar-refractivity contribution in [1.29, 1.82) is 0 Å². The summed E-state index contributed by atoms with van der Waals surface area (Å²) in [5.41, 5.74) is 7.05. The predicted molar refractivity (Wildman–Crippen MR) is 108 cm³/mol. The maximum atomic E-state index is 12.9. The first-order chi connectivity index (χ1) is 13.9.